The summed E-state index contributed by atoms with van der Waals surface area (Å²) in [5.74, 6) is 0.320. The summed E-state index contributed by atoms with van der Waals surface area (Å²) in [6.45, 7) is 2.90. The van der Waals surface area contributed by atoms with E-state index in [2.05, 4.69) is 16.6 Å². The molecule has 1 aromatic heterocycles. The lowest BCUT2D eigenvalue weighted by atomic mass is 10.3. The van der Waals surface area contributed by atoms with Crippen molar-refractivity contribution in [3.63, 3.8) is 0 Å². The zero-order chi connectivity index (χ0) is 8.97. The molecule has 0 saturated carbocycles. The third kappa shape index (κ3) is 1.66. The van der Waals surface area contributed by atoms with E-state index >= 15 is 0 Å². The molecule has 0 aliphatic rings. The molecule has 0 spiro atoms. The van der Waals surface area contributed by atoms with Gasteiger partial charge in [0.15, 0.2) is 5.82 Å². The van der Waals surface area contributed by atoms with Crippen LogP contribution in [0.4, 0.5) is 10.8 Å². The van der Waals surface area contributed by atoms with Crippen LogP contribution in [0, 0.1) is 11.3 Å². The van der Waals surface area contributed by atoms with E-state index in [9.17, 15) is 0 Å². The molecular weight excluding hydrogens is 172 g/mol. The lowest BCUT2D eigenvalue weighted by Gasteiger charge is -1.98. The van der Waals surface area contributed by atoms with E-state index in [1.165, 1.54) is 11.5 Å². The first-order valence-electron chi connectivity index (χ1n) is 3.68. The Bertz CT molecular complexity index is 299. The summed E-state index contributed by atoms with van der Waals surface area (Å²) >= 11 is 1.23. The van der Waals surface area contributed by atoms with Crippen molar-refractivity contribution >= 4 is 22.4 Å². The average molecular weight is 182 g/mol. The standard InChI is InChI=1S/C7H10N4S/c1-2-3-10-7-5(4-8)6(9)11-12-7/h10H,2-3H2,1H3,(H2,9,11). The molecule has 1 heterocycles. The number of aromatic nitrogens is 1. The summed E-state index contributed by atoms with van der Waals surface area (Å²) in [5.41, 5.74) is 5.93. The third-order valence-corrected chi connectivity index (χ3v) is 2.18. The highest BCUT2D eigenvalue weighted by atomic mass is 32.1. The average Bonchev–Trinajstić information content (AvgIpc) is 2.43. The van der Waals surface area contributed by atoms with Crippen molar-refractivity contribution in [3.8, 4) is 6.07 Å². The Hall–Kier alpha value is -1.28. The Morgan fingerprint density at radius 2 is 2.50 bits per heavy atom. The van der Waals surface area contributed by atoms with Gasteiger partial charge in [0.05, 0.1) is 0 Å². The zero-order valence-corrected chi connectivity index (χ0v) is 7.61. The second kappa shape index (κ2) is 3.93. The van der Waals surface area contributed by atoms with Gasteiger partial charge in [-0.25, -0.2) is 0 Å². The van der Waals surface area contributed by atoms with Crippen molar-refractivity contribution in [2.75, 3.05) is 17.6 Å². The first-order chi connectivity index (χ1) is 5.79. The van der Waals surface area contributed by atoms with Gasteiger partial charge in [0.2, 0.25) is 0 Å². The molecule has 5 heteroatoms. The molecule has 0 unspecified atom stereocenters. The molecule has 0 saturated heterocycles. The monoisotopic (exact) mass is 182 g/mol. The quantitative estimate of drug-likeness (QED) is 0.741. The molecule has 0 aliphatic carbocycles. The summed E-state index contributed by atoms with van der Waals surface area (Å²) in [6, 6.07) is 2.01. The molecule has 3 N–H and O–H groups in total. The molecule has 1 aromatic rings. The number of hydrogen-bond acceptors (Lipinski definition) is 5. The van der Waals surface area contributed by atoms with Gasteiger partial charge in [-0.1, -0.05) is 6.92 Å². The third-order valence-electron chi connectivity index (χ3n) is 1.37. The van der Waals surface area contributed by atoms with Gasteiger partial charge < -0.3 is 11.1 Å². The van der Waals surface area contributed by atoms with Gasteiger partial charge in [-0.15, -0.1) is 0 Å². The molecular formula is C7H10N4S. The van der Waals surface area contributed by atoms with Gasteiger partial charge in [0.25, 0.3) is 0 Å². The van der Waals surface area contributed by atoms with Crippen LogP contribution in [-0.2, 0) is 0 Å². The Balaban J connectivity index is 2.79. The van der Waals surface area contributed by atoms with Gasteiger partial charge in [-0.2, -0.15) is 9.64 Å². The van der Waals surface area contributed by atoms with Gasteiger partial charge in [-0.05, 0) is 18.0 Å². The molecule has 4 nitrogen and oxygen atoms in total. The summed E-state index contributed by atoms with van der Waals surface area (Å²) in [4.78, 5) is 0. The smallest absolute Gasteiger partial charge is 0.157 e. The van der Waals surface area contributed by atoms with E-state index in [0.717, 1.165) is 18.0 Å². The highest BCUT2D eigenvalue weighted by Crippen LogP contribution is 2.25. The van der Waals surface area contributed by atoms with Crippen LogP contribution in [0.25, 0.3) is 0 Å². The maximum Gasteiger partial charge on any atom is 0.157 e. The number of anilines is 2. The molecule has 0 atom stereocenters. The van der Waals surface area contributed by atoms with Crippen molar-refractivity contribution in [3.05, 3.63) is 5.56 Å². The summed E-state index contributed by atoms with van der Waals surface area (Å²) < 4.78 is 3.87. The first-order valence-corrected chi connectivity index (χ1v) is 4.46. The second-order valence-corrected chi connectivity index (χ2v) is 3.08. The van der Waals surface area contributed by atoms with Crippen LogP contribution in [0.5, 0.6) is 0 Å². The van der Waals surface area contributed by atoms with Crippen LogP contribution in [0.15, 0.2) is 0 Å². The van der Waals surface area contributed by atoms with Crippen LogP contribution in [-0.4, -0.2) is 10.9 Å². The lowest BCUT2D eigenvalue weighted by molar-refractivity contribution is 0.983. The first kappa shape index (κ1) is 8.81. The van der Waals surface area contributed by atoms with Gasteiger partial charge in [0.1, 0.15) is 16.6 Å². The Morgan fingerprint density at radius 1 is 1.75 bits per heavy atom. The molecule has 12 heavy (non-hydrogen) atoms. The predicted octanol–water partition coefficient (Wildman–Crippen LogP) is 1.42. The Kier molecular flexibility index (Phi) is 2.88. The number of hydrogen-bond donors (Lipinski definition) is 2. The number of nitrogen functional groups attached to an aromatic ring is 1. The van der Waals surface area contributed by atoms with E-state index < -0.39 is 0 Å². The van der Waals surface area contributed by atoms with Crippen molar-refractivity contribution in [1.29, 1.82) is 5.26 Å². The fraction of sp³-hybridized carbons (Fsp3) is 0.429. The largest absolute Gasteiger partial charge is 0.382 e. The van der Waals surface area contributed by atoms with Crippen LogP contribution in [0.3, 0.4) is 0 Å². The summed E-state index contributed by atoms with van der Waals surface area (Å²) in [6.07, 6.45) is 1.02. The van der Waals surface area contributed by atoms with E-state index in [-0.39, 0.29) is 0 Å². The zero-order valence-electron chi connectivity index (χ0n) is 6.79. The molecule has 0 aliphatic heterocycles. The SMILES string of the molecule is CCCNc1snc(N)c1C#N. The number of nitrogens with one attached hydrogen (secondary N) is 1. The van der Waals surface area contributed by atoms with Gasteiger partial charge >= 0.3 is 0 Å². The van der Waals surface area contributed by atoms with Crippen molar-refractivity contribution in [1.82, 2.24) is 4.37 Å². The molecule has 0 radical (unpaired) electrons. The van der Waals surface area contributed by atoms with Crippen LogP contribution >= 0.6 is 11.5 Å². The highest BCUT2D eigenvalue weighted by molar-refractivity contribution is 7.10. The number of nitrogens with zero attached hydrogens (tertiary/aromatic N) is 2. The van der Waals surface area contributed by atoms with Gasteiger partial charge in [-0.3, -0.25) is 0 Å². The van der Waals surface area contributed by atoms with E-state index in [1.807, 2.05) is 6.07 Å². The van der Waals surface area contributed by atoms with Crippen LogP contribution in [0.1, 0.15) is 18.9 Å². The van der Waals surface area contributed by atoms with E-state index in [0.29, 0.717) is 11.4 Å². The number of nitrogens with two attached hydrogens (primary N) is 1. The molecule has 0 aromatic carbocycles. The predicted molar refractivity (Wildman–Crippen MR) is 50.0 cm³/mol. The minimum atomic E-state index is 0.320. The number of rotatable bonds is 3. The molecule has 0 fully saturated rings. The van der Waals surface area contributed by atoms with Gasteiger partial charge in [0, 0.05) is 6.54 Å². The topological polar surface area (TPSA) is 74.7 Å². The Morgan fingerprint density at radius 3 is 3.08 bits per heavy atom. The van der Waals surface area contributed by atoms with E-state index in [1.54, 1.807) is 0 Å². The summed E-state index contributed by atoms with van der Waals surface area (Å²) in [5, 5.41) is 12.5. The number of nitriles is 1. The van der Waals surface area contributed by atoms with E-state index in [4.69, 9.17) is 11.0 Å². The normalized spacial score (nSPS) is 9.33. The molecule has 64 valence electrons. The van der Waals surface area contributed by atoms with Crippen molar-refractivity contribution < 1.29 is 0 Å². The summed E-state index contributed by atoms with van der Waals surface area (Å²) in [7, 11) is 0. The highest BCUT2D eigenvalue weighted by Gasteiger charge is 2.08. The van der Waals surface area contributed by atoms with Crippen molar-refractivity contribution in [2.45, 2.75) is 13.3 Å². The maximum absolute atomic E-state index is 8.68. The lowest BCUT2D eigenvalue weighted by Crippen LogP contribution is -1.99. The minimum absolute atomic E-state index is 0.320. The van der Waals surface area contributed by atoms with Crippen molar-refractivity contribution in [2.24, 2.45) is 0 Å². The Labute approximate surface area is 75.2 Å². The fourth-order valence-electron chi connectivity index (χ4n) is 0.770. The van der Waals surface area contributed by atoms with Crippen LogP contribution < -0.4 is 11.1 Å². The minimum Gasteiger partial charge on any atom is -0.382 e. The molecule has 0 bridgehead atoms. The van der Waals surface area contributed by atoms with Crippen LogP contribution in [0.2, 0.25) is 0 Å². The fourth-order valence-corrected chi connectivity index (χ4v) is 1.46. The molecule has 1 rings (SSSR count). The molecule has 0 amide bonds. The second-order valence-electron chi connectivity index (χ2n) is 2.31. The maximum atomic E-state index is 8.68.